The third-order valence-corrected chi connectivity index (χ3v) is 3.83. The van der Waals surface area contributed by atoms with Crippen molar-refractivity contribution < 1.29 is 4.79 Å². The molecule has 1 aliphatic heterocycles. The van der Waals surface area contributed by atoms with Crippen molar-refractivity contribution in [2.45, 2.75) is 26.3 Å². The van der Waals surface area contributed by atoms with Gasteiger partial charge >= 0.3 is 0 Å². The molecule has 0 atom stereocenters. The maximum Gasteiger partial charge on any atom is 0.270 e. The molecule has 2 heterocycles. The van der Waals surface area contributed by atoms with Crippen molar-refractivity contribution in [3.63, 3.8) is 0 Å². The van der Waals surface area contributed by atoms with E-state index in [2.05, 4.69) is 0 Å². The maximum absolute atomic E-state index is 12.6. The van der Waals surface area contributed by atoms with Gasteiger partial charge in [-0.2, -0.15) is 0 Å². The number of carbonyl (C=O) groups is 1. The molecule has 2 aromatic rings. The van der Waals surface area contributed by atoms with Crippen molar-refractivity contribution in [3.05, 3.63) is 46.4 Å². The lowest BCUT2D eigenvalue weighted by atomic mass is 10.1. The van der Waals surface area contributed by atoms with Gasteiger partial charge in [0.25, 0.3) is 11.5 Å². The van der Waals surface area contributed by atoms with Gasteiger partial charge in [-0.15, -0.1) is 0 Å². The molecule has 0 saturated carbocycles. The molecule has 1 aromatic carbocycles. The fourth-order valence-corrected chi connectivity index (χ4v) is 2.60. The Morgan fingerprint density at radius 2 is 2.00 bits per heavy atom. The van der Waals surface area contributed by atoms with Crippen LogP contribution in [0.4, 0.5) is 0 Å². The number of likely N-dealkylation sites (tertiary alicyclic amines) is 1. The number of hydrogen-bond donors (Lipinski definition) is 0. The summed E-state index contributed by atoms with van der Waals surface area (Å²) in [5.74, 6) is -0.0208. The number of nitrogens with zero attached hydrogens (tertiary/aromatic N) is 2. The molecule has 0 bridgehead atoms. The van der Waals surface area contributed by atoms with Crippen LogP contribution < -0.4 is 5.56 Å². The topological polar surface area (TPSA) is 42.3 Å². The summed E-state index contributed by atoms with van der Waals surface area (Å²) in [5, 5.41) is 1.52. The predicted octanol–water partition coefficient (Wildman–Crippen LogP) is 2.26. The number of benzene rings is 1. The van der Waals surface area contributed by atoms with Gasteiger partial charge in [-0.3, -0.25) is 9.59 Å². The van der Waals surface area contributed by atoms with Crippen molar-refractivity contribution in [2.24, 2.45) is 0 Å². The van der Waals surface area contributed by atoms with Crippen LogP contribution in [0.5, 0.6) is 0 Å². The first kappa shape index (κ1) is 12.9. The molecule has 0 N–H and O–H groups in total. The summed E-state index contributed by atoms with van der Waals surface area (Å²) in [6, 6.07) is 9.31. The van der Waals surface area contributed by atoms with Gasteiger partial charge in [0.1, 0.15) is 5.69 Å². The van der Waals surface area contributed by atoms with Crippen molar-refractivity contribution in [1.82, 2.24) is 9.47 Å². The molecular formula is C16H18N2O2. The molecule has 0 aliphatic carbocycles. The van der Waals surface area contributed by atoms with E-state index in [-0.39, 0.29) is 11.5 Å². The van der Waals surface area contributed by atoms with Crippen LogP contribution in [0.15, 0.2) is 35.1 Å². The average Bonchev–Trinajstić information content (AvgIpc) is 2.40. The summed E-state index contributed by atoms with van der Waals surface area (Å²) in [5.41, 5.74) is 0.462. The zero-order valence-corrected chi connectivity index (χ0v) is 11.6. The van der Waals surface area contributed by atoms with Gasteiger partial charge < -0.3 is 9.47 Å². The van der Waals surface area contributed by atoms with Crippen LogP contribution in [-0.2, 0) is 6.54 Å². The smallest absolute Gasteiger partial charge is 0.270 e. The van der Waals surface area contributed by atoms with Crippen LogP contribution in [0, 0.1) is 0 Å². The highest BCUT2D eigenvalue weighted by Crippen LogP contribution is 2.17. The highest BCUT2D eigenvalue weighted by Gasteiger charge is 2.24. The molecule has 4 nitrogen and oxygen atoms in total. The van der Waals surface area contributed by atoms with Crippen LogP contribution in [0.1, 0.15) is 30.3 Å². The molecule has 0 spiro atoms. The Labute approximate surface area is 117 Å². The molecule has 0 radical (unpaired) electrons. The molecule has 1 aromatic heterocycles. The molecule has 1 amide bonds. The van der Waals surface area contributed by atoms with Crippen molar-refractivity contribution >= 4 is 16.7 Å². The van der Waals surface area contributed by atoms with Gasteiger partial charge in [-0.1, -0.05) is 25.1 Å². The van der Waals surface area contributed by atoms with Crippen LogP contribution in [-0.4, -0.2) is 28.5 Å². The standard InChI is InChI=1S/C16H18N2O2/c1-2-8-18-14(16(20)17-9-5-10-17)11-12-6-3-4-7-13(12)15(18)19/h3-4,6-7,11H,2,5,8-10H2,1H3. The van der Waals surface area contributed by atoms with Crippen molar-refractivity contribution in [1.29, 1.82) is 0 Å². The lowest BCUT2D eigenvalue weighted by Gasteiger charge is -2.31. The normalized spacial score (nSPS) is 14.3. The molecule has 4 heteroatoms. The molecule has 104 valence electrons. The van der Waals surface area contributed by atoms with E-state index >= 15 is 0 Å². The van der Waals surface area contributed by atoms with Gasteiger partial charge in [-0.25, -0.2) is 0 Å². The monoisotopic (exact) mass is 270 g/mol. The van der Waals surface area contributed by atoms with E-state index in [9.17, 15) is 9.59 Å². The zero-order valence-electron chi connectivity index (χ0n) is 11.6. The van der Waals surface area contributed by atoms with E-state index in [0.29, 0.717) is 17.6 Å². The summed E-state index contributed by atoms with van der Waals surface area (Å²) >= 11 is 0. The first-order chi connectivity index (χ1) is 9.72. The summed E-state index contributed by atoms with van der Waals surface area (Å²) in [7, 11) is 0. The van der Waals surface area contributed by atoms with Crippen molar-refractivity contribution in [3.8, 4) is 0 Å². The lowest BCUT2D eigenvalue weighted by Crippen LogP contribution is -2.44. The summed E-state index contributed by atoms with van der Waals surface area (Å²) in [6.07, 6.45) is 1.88. The van der Waals surface area contributed by atoms with Crippen LogP contribution in [0.3, 0.4) is 0 Å². The molecular weight excluding hydrogens is 252 g/mol. The summed E-state index contributed by atoms with van der Waals surface area (Å²) < 4.78 is 1.63. The number of amides is 1. The Morgan fingerprint density at radius 3 is 2.65 bits per heavy atom. The largest absolute Gasteiger partial charge is 0.337 e. The number of pyridine rings is 1. The van der Waals surface area contributed by atoms with Gasteiger partial charge in [0.05, 0.1) is 0 Å². The van der Waals surface area contributed by atoms with Crippen molar-refractivity contribution in [2.75, 3.05) is 13.1 Å². The number of rotatable bonds is 3. The highest BCUT2D eigenvalue weighted by molar-refractivity contribution is 5.97. The van der Waals surface area contributed by atoms with Crippen LogP contribution >= 0.6 is 0 Å². The number of hydrogen-bond acceptors (Lipinski definition) is 2. The molecule has 20 heavy (non-hydrogen) atoms. The van der Waals surface area contributed by atoms with E-state index in [1.54, 1.807) is 9.47 Å². The molecule has 1 fully saturated rings. The predicted molar refractivity (Wildman–Crippen MR) is 79.0 cm³/mol. The van der Waals surface area contributed by atoms with Crippen LogP contribution in [0.2, 0.25) is 0 Å². The minimum Gasteiger partial charge on any atom is -0.337 e. The first-order valence-electron chi connectivity index (χ1n) is 7.14. The van der Waals surface area contributed by atoms with Gasteiger partial charge in [0.2, 0.25) is 0 Å². The van der Waals surface area contributed by atoms with Gasteiger partial charge in [-0.05, 0) is 30.4 Å². The SMILES string of the molecule is CCCn1c(C(=O)N2CCC2)cc2ccccc2c1=O. The Bertz CT molecular complexity index is 714. The Morgan fingerprint density at radius 1 is 1.25 bits per heavy atom. The van der Waals surface area contributed by atoms with E-state index in [0.717, 1.165) is 31.3 Å². The Kier molecular flexibility index (Phi) is 3.30. The quantitative estimate of drug-likeness (QED) is 0.858. The highest BCUT2D eigenvalue weighted by atomic mass is 16.2. The second-order valence-corrected chi connectivity index (χ2v) is 5.22. The minimum absolute atomic E-state index is 0.0208. The Balaban J connectivity index is 2.20. The molecule has 0 unspecified atom stereocenters. The fourth-order valence-electron chi connectivity index (χ4n) is 2.60. The second-order valence-electron chi connectivity index (χ2n) is 5.22. The third kappa shape index (κ3) is 2.01. The van der Waals surface area contributed by atoms with Gasteiger partial charge in [0.15, 0.2) is 0 Å². The van der Waals surface area contributed by atoms with E-state index in [4.69, 9.17) is 0 Å². The van der Waals surface area contributed by atoms with E-state index in [1.165, 1.54) is 0 Å². The second kappa shape index (κ2) is 5.12. The Hall–Kier alpha value is -2.10. The minimum atomic E-state index is -0.0613. The van der Waals surface area contributed by atoms with E-state index < -0.39 is 0 Å². The zero-order chi connectivity index (χ0) is 14.1. The number of aromatic nitrogens is 1. The molecule has 3 rings (SSSR count). The van der Waals surface area contributed by atoms with E-state index in [1.807, 2.05) is 37.3 Å². The maximum atomic E-state index is 12.6. The average molecular weight is 270 g/mol. The van der Waals surface area contributed by atoms with Gasteiger partial charge in [0, 0.05) is 25.0 Å². The first-order valence-corrected chi connectivity index (χ1v) is 7.14. The fraction of sp³-hybridized carbons (Fsp3) is 0.375. The summed E-state index contributed by atoms with van der Waals surface area (Å²) in [4.78, 5) is 26.9. The summed E-state index contributed by atoms with van der Waals surface area (Å²) in [6.45, 7) is 4.19. The lowest BCUT2D eigenvalue weighted by molar-refractivity contribution is 0.0639. The third-order valence-electron chi connectivity index (χ3n) is 3.83. The van der Waals surface area contributed by atoms with Crippen LogP contribution in [0.25, 0.3) is 10.8 Å². The number of fused-ring (bicyclic) bond motifs is 1. The molecule has 1 aliphatic rings. The number of carbonyl (C=O) groups excluding carboxylic acids is 1. The molecule has 1 saturated heterocycles.